The van der Waals surface area contributed by atoms with Crippen LogP contribution in [0.15, 0.2) is 59.0 Å². The molecule has 0 saturated heterocycles. The normalized spacial score (nSPS) is 22.2. The molecule has 1 aromatic rings. The van der Waals surface area contributed by atoms with Gasteiger partial charge in [0, 0.05) is 24.2 Å². The van der Waals surface area contributed by atoms with Gasteiger partial charge in [0.2, 0.25) is 5.91 Å². The van der Waals surface area contributed by atoms with Crippen LogP contribution in [0.3, 0.4) is 0 Å². The lowest BCUT2D eigenvalue weighted by molar-refractivity contribution is -0.136. The van der Waals surface area contributed by atoms with E-state index in [0.717, 1.165) is 48.9 Å². The largest absolute Gasteiger partial charge is 0.335 e. The van der Waals surface area contributed by atoms with Gasteiger partial charge in [0.05, 0.1) is 23.8 Å². The number of amides is 1. The number of hydrogen-bond donors (Lipinski definition) is 1. The van der Waals surface area contributed by atoms with Crippen molar-refractivity contribution in [3.8, 4) is 0 Å². The Hall–Kier alpha value is -2.89. The minimum Gasteiger partial charge on any atom is -0.335 e. The number of fused-ring (bicyclic) bond motifs is 1. The molecule has 158 valence electrons. The van der Waals surface area contributed by atoms with Crippen LogP contribution >= 0.6 is 0 Å². The Labute approximate surface area is 176 Å². The highest BCUT2D eigenvalue weighted by Crippen LogP contribution is 2.48. The summed E-state index contributed by atoms with van der Waals surface area (Å²) in [4.78, 5) is 26.1. The molecule has 1 N–H and O–H groups in total. The molecule has 0 unspecified atom stereocenters. The molecule has 6 heteroatoms. The zero-order valence-electron chi connectivity index (χ0n) is 17.5. The topological polar surface area (TPSA) is 52.7 Å². The van der Waals surface area contributed by atoms with Crippen LogP contribution in [0.4, 0.5) is 10.1 Å². The number of allylic oxidation sites excluding steroid dienone is 3. The lowest BCUT2D eigenvalue weighted by atomic mass is 9.80. The van der Waals surface area contributed by atoms with Crippen LogP contribution < -0.4 is 10.4 Å². The molecular formula is C24H28FN3O2. The summed E-state index contributed by atoms with van der Waals surface area (Å²) in [6.07, 6.45) is 8.49. The quantitative estimate of drug-likeness (QED) is 0.689. The number of hydrogen-bond acceptors (Lipinski definition) is 4. The molecule has 2 aliphatic carbocycles. The first kappa shape index (κ1) is 20.4. The first-order valence-corrected chi connectivity index (χ1v) is 10.7. The standard InChI is InChI=1S/C24H28FN3O2/c1-3-4-11-27(12-13-29)24(30)20-10-5-17-14-22-21(16(2)23(17)20)15-26-28(22)19-8-6-18(25)7-9-19/h6-9,13-16,20,26H,3-5,10-12H2,1-2H3/t16-,20-/m0/s1. The molecule has 2 atom stereocenters. The van der Waals surface area contributed by atoms with E-state index in [2.05, 4.69) is 25.3 Å². The number of halogens is 1. The zero-order valence-corrected chi connectivity index (χ0v) is 17.5. The highest BCUT2D eigenvalue weighted by molar-refractivity contribution is 5.85. The summed E-state index contributed by atoms with van der Waals surface area (Å²) in [5, 5.41) is 1.96. The number of unbranched alkanes of at least 4 members (excludes halogenated alkanes) is 1. The second-order valence-corrected chi connectivity index (χ2v) is 8.17. The molecule has 1 aliphatic heterocycles. The van der Waals surface area contributed by atoms with Gasteiger partial charge in [-0.15, -0.1) is 0 Å². The number of carbonyl (C=O) groups is 2. The van der Waals surface area contributed by atoms with Crippen LogP contribution in [0.5, 0.6) is 0 Å². The van der Waals surface area contributed by atoms with Crippen molar-refractivity contribution in [3.05, 3.63) is 64.8 Å². The molecule has 3 aliphatic rings. The summed E-state index contributed by atoms with van der Waals surface area (Å²) in [7, 11) is 0. The minimum absolute atomic E-state index is 0.0752. The van der Waals surface area contributed by atoms with Gasteiger partial charge in [0.1, 0.15) is 12.1 Å². The van der Waals surface area contributed by atoms with Gasteiger partial charge >= 0.3 is 0 Å². The van der Waals surface area contributed by atoms with Gasteiger partial charge in [-0.05, 0) is 60.8 Å². The summed E-state index contributed by atoms with van der Waals surface area (Å²) in [5.41, 5.74) is 8.73. The van der Waals surface area contributed by atoms with E-state index in [1.54, 1.807) is 17.0 Å². The molecule has 0 radical (unpaired) electrons. The Bertz CT molecular complexity index is 932. The van der Waals surface area contributed by atoms with E-state index >= 15 is 0 Å². The maximum atomic E-state index is 13.3. The van der Waals surface area contributed by atoms with Crippen molar-refractivity contribution in [2.45, 2.75) is 39.5 Å². The van der Waals surface area contributed by atoms with Crippen molar-refractivity contribution < 1.29 is 14.0 Å². The summed E-state index contributed by atoms with van der Waals surface area (Å²) in [5.74, 6) is -0.238. The Balaban J connectivity index is 1.62. The van der Waals surface area contributed by atoms with Gasteiger partial charge in [0.25, 0.3) is 0 Å². The Kier molecular flexibility index (Phi) is 5.75. The molecule has 0 aromatic heterocycles. The zero-order chi connectivity index (χ0) is 21.3. The molecule has 1 aromatic carbocycles. The van der Waals surface area contributed by atoms with Gasteiger partial charge in [0.15, 0.2) is 0 Å². The van der Waals surface area contributed by atoms with E-state index in [1.807, 2.05) is 11.2 Å². The smallest absolute Gasteiger partial charge is 0.230 e. The number of nitrogens with one attached hydrogen (secondary N) is 1. The SMILES string of the molecule is CCCCN(CC=O)C(=O)[C@H]1CCC2=C1[C@@H](C)C1=CNN(c3ccc(F)cc3)C1=C2. The lowest BCUT2D eigenvalue weighted by Gasteiger charge is -2.31. The van der Waals surface area contributed by atoms with Gasteiger partial charge in [-0.25, -0.2) is 4.39 Å². The third kappa shape index (κ3) is 3.55. The van der Waals surface area contributed by atoms with Gasteiger partial charge in [-0.1, -0.05) is 20.3 Å². The molecule has 0 saturated carbocycles. The predicted molar refractivity (Wildman–Crippen MR) is 115 cm³/mol. The highest BCUT2D eigenvalue weighted by atomic mass is 19.1. The molecule has 0 bridgehead atoms. The van der Waals surface area contributed by atoms with Gasteiger partial charge < -0.3 is 15.1 Å². The van der Waals surface area contributed by atoms with Crippen molar-refractivity contribution in [1.82, 2.24) is 10.3 Å². The monoisotopic (exact) mass is 409 g/mol. The molecular weight excluding hydrogens is 381 g/mol. The number of hydrazine groups is 1. The fourth-order valence-electron chi connectivity index (χ4n) is 4.80. The lowest BCUT2D eigenvalue weighted by Crippen LogP contribution is -2.39. The van der Waals surface area contributed by atoms with E-state index in [1.165, 1.54) is 23.3 Å². The summed E-state index contributed by atoms with van der Waals surface area (Å²) in [6, 6.07) is 6.41. The predicted octanol–water partition coefficient (Wildman–Crippen LogP) is 4.10. The minimum atomic E-state index is -0.262. The maximum Gasteiger partial charge on any atom is 0.230 e. The Morgan fingerprint density at radius 3 is 2.80 bits per heavy atom. The summed E-state index contributed by atoms with van der Waals surface area (Å²) >= 11 is 0. The second-order valence-electron chi connectivity index (χ2n) is 8.17. The third-order valence-electron chi connectivity index (χ3n) is 6.35. The Morgan fingerprint density at radius 2 is 2.10 bits per heavy atom. The van der Waals surface area contributed by atoms with Crippen LogP contribution in [-0.2, 0) is 9.59 Å². The number of rotatable bonds is 7. The molecule has 0 spiro atoms. The van der Waals surface area contributed by atoms with Crippen LogP contribution in [0.1, 0.15) is 39.5 Å². The highest BCUT2D eigenvalue weighted by Gasteiger charge is 2.41. The number of aldehydes is 1. The van der Waals surface area contributed by atoms with Crippen LogP contribution in [0.25, 0.3) is 0 Å². The second kappa shape index (κ2) is 8.46. The van der Waals surface area contributed by atoms with Crippen molar-refractivity contribution in [2.24, 2.45) is 11.8 Å². The number of carbonyl (C=O) groups excluding carboxylic acids is 2. The van der Waals surface area contributed by atoms with Crippen molar-refractivity contribution >= 4 is 17.9 Å². The van der Waals surface area contributed by atoms with Crippen molar-refractivity contribution in [2.75, 3.05) is 18.1 Å². The molecule has 1 heterocycles. The van der Waals surface area contributed by atoms with Crippen LogP contribution in [-0.4, -0.2) is 30.2 Å². The average molecular weight is 410 g/mol. The molecule has 30 heavy (non-hydrogen) atoms. The van der Waals surface area contributed by atoms with E-state index in [-0.39, 0.29) is 30.1 Å². The molecule has 0 fully saturated rings. The number of benzene rings is 1. The fourth-order valence-corrected chi connectivity index (χ4v) is 4.80. The molecule has 4 rings (SSSR count). The fraction of sp³-hybridized carbons (Fsp3) is 0.417. The first-order valence-electron chi connectivity index (χ1n) is 10.7. The van der Waals surface area contributed by atoms with Crippen molar-refractivity contribution in [1.29, 1.82) is 0 Å². The van der Waals surface area contributed by atoms with E-state index in [9.17, 15) is 14.0 Å². The molecule has 5 nitrogen and oxygen atoms in total. The van der Waals surface area contributed by atoms with E-state index in [0.29, 0.717) is 6.54 Å². The third-order valence-corrected chi connectivity index (χ3v) is 6.35. The van der Waals surface area contributed by atoms with Crippen molar-refractivity contribution in [3.63, 3.8) is 0 Å². The van der Waals surface area contributed by atoms with Gasteiger partial charge in [-0.2, -0.15) is 0 Å². The maximum absolute atomic E-state index is 13.3. The van der Waals surface area contributed by atoms with Gasteiger partial charge in [-0.3, -0.25) is 9.80 Å². The van der Waals surface area contributed by atoms with E-state index < -0.39 is 0 Å². The van der Waals surface area contributed by atoms with Crippen LogP contribution in [0.2, 0.25) is 0 Å². The van der Waals surface area contributed by atoms with Crippen LogP contribution in [0, 0.1) is 17.7 Å². The average Bonchev–Trinajstić information content (AvgIpc) is 3.36. The number of anilines is 1. The Morgan fingerprint density at radius 1 is 1.33 bits per heavy atom. The summed E-state index contributed by atoms with van der Waals surface area (Å²) in [6.45, 7) is 5.02. The summed E-state index contributed by atoms with van der Waals surface area (Å²) < 4.78 is 13.3. The molecule has 1 amide bonds. The number of nitrogens with zero attached hydrogens (tertiary/aromatic N) is 2. The van der Waals surface area contributed by atoms with E-state index in [4.69, 9.17) is 0 Å². The first-order chi connectivity index (χ1) is 14.5.